The summed E-state index contributed by atoms with van der Waals surface area (Å²) in [5.41, 5.74) is 0.358. The number of rotatable bonds is 3. The van der Waals surface area contributed by atoms with Gasteiger partial charge in [0.25, 0.3) is 0 Å². The second kappa shape index (κ2) is 4.37. The van der Waals surface area contributed by atoms with Gasteiger partial charge < -0.3 is 4.90 Å². The van der Waals surface area contributed by atoms with Crippen LogP contribution < -0.4 is 0 Å². The van der Waals surface area contributed by atoms with Gasteiger partial charge in [0, 0.05) is 20.1 Å². The van der Waals surface area contributed by atoms with Crippen LogP contribution >= 0.6 is 0 Å². The summed E-state index contributed by atoms with van der Waals surface area (Å²) in [5.74, 6) is 0. The van der Waals surface area contributed by atoms with Crippen molar-refractivity contribution in [2.75, 3.05) is 20.1 Å². The summed E-state index contributed by atoms with van der Waals surface area (Å²) in [6, 6.07) is 0. The van der Waals surface area contributed by atoms with E-state index in [4.69, 9.17) is 0 Å². The molecule has 0 atom stereocenters. The molecule has 0 saturated carbocycles. The van der Waals surface area contributed by atoms with Crippen LogP contribution in [0.3, 0.4) is 0 Å². The first-order chi connectivity index (χ1) is 4.99. The lowest BCUT2D eigenvalue weighted by Crippen LogP contribution is -2.31. The smallest absolute Gasteiger partial charge is 0.0846 e. The molecule has 0 aromatic rings. The highest BCUT2D eigenvalue weighted by atomic mass is 15.1. The lowest BCUT2D eigenvalue weighted by Gasteiger charge is -2.26. The van der Waals surface area contributed by atoms with Crippen LogP contribution in [-0.2, 0) is 0 Å². The molecule has 0 unspecified atom stereocenters. The van der Waals surface area contributed by atoms with E-state index in [0.717, 1.165) is 13.1 Å². The Morgan fingerprint density at radius 3 is 2.18 bits per heavy atom. The molecular weight excluding hydrogens is 136 g/mol. The Morgan fingerprint density at radius 2 is 1.91 bits per heavy atom. The van der Waals surface area contributed by atoms with Crippen LogP contribution in [0.15, 0.2) is 4.99 Å². The average Bonchev–Trinajstić information content (AvgIpc) is 1.84. The van der Waals surface area contributed by atoms with Gasteiger partial charge in [-0.15, -0.1) is 0 Å². The molecule has 0 aliphatic carbocycles. The molecule has 0 amide bonds. The quantitative estimate of drug-likeness (QED) is 0.451. The van der Waals surface area contributed by atoms with Gasteiger partial charge in [-0.1, -0.05) is 20.8 Å². The molecule has 0 fully saturated rings. The molecule has 2 heteroatoms. The van der Waals surface area contributed by atoms with Gasteiger partial charge in [0.1, 0.15) is 0 Å². The first-order valence-electron chi connectivity index (χ1n) is 4.16. The normalized spacial score (nSPS) is 12.5. The molecule has 0 saturated heterocycles. The van der Waals surface area contributed by atoms with E-state index in [9.17, 15) is 0 Å². The van der Waals surface area contributed by atoms with Gasteiger partial charge in [0.05, 0.1) is 6.34 Å². The molecule has 11 heavy (non-hydrogen) atoms. The van der Waals surface area contributed by atoms with E-state index in [0.29, 0.717) is 5.41 Å². The summed E-state index contributed by atoms with van der Waals surface area (Å²) >= 11 is 0. The Hall–Kier alpha value is -0.530. The van der Waals surface area contributed by atoms with Crippen molar-refractivity contribution in [2.24, 2.45) is 10.4 Å². The van der Waals surface area contributed by atoms with Crippen LogP contribution in [0.2, 0.25) is 0 Å². The molecule has 0 aliphatic rings. The second-order valence-corrected chi connectivity index (χ2v) is 4.00. The summed E-state index contributed by atoms with van der Waals surface area (Å²) in [5, 5.41) is 0. The molecule has 0 rings (SSSR count). The van der Waals surface area contributed by atoms with Gasteiger partial charge in [0.15, 0.2) is 0 Å². The van der Waals surface area contributed by atoms with Gasteiger partial charge in [0.2, 0.25) is 0 Å². The van der Waals surface area contributed by atoms with Crippen LogP contribution in [0.4, 0.5) is 0 Å². The van der Waals surface area contributed by atoms with Gasteiger partial charge in [-0.25, -0.2) is 0 Å². The first kappa shape index (κ1) is 10.5. The summed E-state index contributed by atoms with van der Waals surface area (Å²) in [6.07, 6.45) is 1.91. The van der Waals surface area contributed by atoms with Crippen molar-refractivity contribution < 1.29 is 0 Å². The highest BCUT2D eigenvalue weighted by Crippen LogP contribution is 2.13. The van der Waals surface area contributed by atoms with E-state index in [1.54, 1.807) is 0 Å². The predicted molar refractivity (Wildman–Crippen MR) is 51.1 cm³/mol. The number of hydrogen-bond donors (Lipinski definition) is 0. The van der Waals surface area contributed by atoms with Crippen molar-refractivity contribution in [1.29, 1.82) is 0 Å². The molecule has 66 valence electrons. The van der Waals surface area contributed by atoms with Gasteiger partial charge in [-0.2, -0.15) is 0 Å². The van der Waals surface area contributed by atoms with Crippen molar-refractivity contribution in [3.8, 4) is 0 Å². The maximum atomic E-state index is 3.99. The van der Waals surface area contributed by atoms with Crippen molar-refractivity contribution >= 4 is 6.34 Å². The SMILES string of the molecule is CCN(/C=N/C)CC(C)(C)C. The molecule has 0 aromatic heterocycles. The highest BCUT2D eigenvalue weighted by Gasteiger charge is 2.12. The van der Waals surface area contributed by atoms with Crippen LogP contribution in [0.25, 0.3) is 0 Å². The zero-order valence-corrected chi connectivity index (χ0v) is 8.39. The van der Waals surface area contributed by atoms with Crippen LogP contribution in [-0.4, -0.2) is 31.4 Å². The number of nitrogens with zero attached hydrogens (tertiary/aromatic N) is 2. The minimum atomic E-state index is 0.358. The Balaban J connectivity index is 3.88. The number of aliphatic imine (C=N–C) groups is 1. The van der Waals surface area contributed by atoms with Crippen molar-refractivity contribution in [2.45, 2.75) is 27.7 Å². The molecule has 0 N–H and O–H groups in total. The second-order valence-electron chi connectivity index (χ2n) is 4.00. The molecule has 0 bridgehead atoms. The Morgan fingerprint density at radius 1 is 1.36 bits per heavy atom. The van der Waals surface area contributed by atoms with E-state index in [1.807, 2.05) is 13.4 Å². The molecule has 2 nitrogen and oxygen atoms in total. The lowest BCUT2D eigenvalue weighted by atomic mass is 9.96. The first-order valence-corrected chi connectivity index (χ1v) is 4.16. The molecule has 0 aromatic carbocycles. The van der Waals surface area contributed by atoms with Crippen LogP contribution in [0.5, 0.6) is 0 Å². The number of hydrogen-bond acceptors (Lipinski definition) is 1. The van der Waals surface area contributed by atoms with E-state index in [1.165, 1.54) is 0 Å². The maximum absolute atomic E-state index is 3.99. The summed E-state index contributed by atoms with van der Waals surface area (Å²) in [7, 11) is 1.81. The van der Waals surface area contributed by atoms with Crippen molar-refractivity contribution in [3.05, 3.63) is 0 Å². The van der Waals surface area contributed by atoms with Gasteiger partial charge in [-0.3, -0.25) is 4.99 Å². The predicted octanol–water partition coefficient (Wildman–Crippen LogP) is 2.01. The third-order valence-corrected chi connectivity index (χ3v) is 1.36. The minimum absolute atomic E-state index is 0.358. The van der Waals surface area contributed by atoms with E-state index in [2.05, 4.69) is 37.6 Å². The zero-order valence-electron chi connectivity index (χ0n) is 8.39. The highest BCUT2D eigenvalue weighted by molar-refractivity contribution is 5.54. The fourth-order valence-corrected chi connectivity index (χ4v) is 1.01. The molecule has 0 heterocycles. The maximum Gasteiger partial charge on any atom is 0.0846 e. The van der Waals surface area contributed by atoms with Crippen molar-refractivity contribution in [1.82, 2.24) is 4.90 Å². The average molecular weight is 156 g/mol. The van der Waals surface area contributed by atoms with Gasteiger partial charge in [-0.05, 0) is 12.3 Å². The zero-order chi connectivity index (χ0) is 8.91. The van der Waals surface area contributed by atoms with E-state index in [-0.39, 0.29) is 0 Å². The van der Waals surface area contributed by atoms with E-state index < -0.39 is 0 Å². The minimum Gasteiger partial charge on any atom is -0.363 e. The third-order valence-electron chi connectivity index (χ3n) is 1.36. The molecular formula is C9H20N2. The van der Waals surface area contributed by atoms with Gasteiger partial charge >= 0.3 is 0 Å². The Kier molecular flexibility index (Phi) is 4.16. The summed E-state index contributed by atoms with van der Waals surface area (Å²) in [6.45, 7) is 11.0. The largest absolute Gasteiger partial charge is 0.363 e. The molecule has 0 radical (unpaired) electrons. The fourth-order valence-electron chi connectivity index (χ4n) is 1.01. The monoisotopic (exact) mass is 156 g/mol. The summed E-state index contributed by atoms with van der Waals surface area (Å²) in [4.78, 5) is 6.21. The molecule has 0 aliphatic heterocycles. The Bertz CT molecular complexity index is 122. The molecule has 0 spiro atoms. The topological polar surface area (TPSA) is 15.6 Å². The summed E-state index contributed by atoms with van der Waals surface area (Å²) < 4.78 is 0. The van der Waals surface area contributed by atoms with Crippen LogP contribution in [0.1, 0.15) is 27.7 Å². The van der Waals surface area contributed by atoms with E-state index >= 15 is 0 Å². The third kappa shape index (κ3) is 5.89. The van der Waals surface area contributed by atoms with Crippen molar-refractivity contribution in [3.63, 3.8) is 0 Å². The fraction of sp³-hybridized carbons (Fsp3) is 0.889. The van der Waals surface area contributed by atoms with Crippen LogP contribution in [0, 0.1) is 5.41 Å². The standard InChI is InChI=1S/C9H20N2/c1-6-11(8-10-5)7-9(2,3)4/h8H,6-7H2,1-5H3/b10-8+. The Labute approximate surface area is 70.3 Å². The lowest BCUT2D eigenvalue weighted by molar-refractivity contribution is 0.288.